The third kappa shape index (κ3) is 6.75. The van der Waals surface area contributed by atoms with Crippen molar-refractivity contribution in [1.82, 2.24) is 24.8 Å². The molecule has 2 saturated heterocycles. The van der Waals surface area contributed by atoms with Crippen LogP contribution in [0.2, 0.25) is 0 Å². The SMILES string of the molecule is CC(C)CC(N=C1NS(=O)(=O)c2ccccc21)(C(=O)NC1(C#N)CCN(CCc2ccccc2)C1)C1(C#N)CCN(Cc2c[nH]c3ccccc23)C1C(N)=O. The molecule has 0 saturated carbocycles. The predicted octanol–water partition coefficient (Wildman–Crippen LogP) is 3.59. The van der Waals surface area contributed by atoms with Gasteiger partial charge in [-0.2, -0.15) is 10.5 Å². The van der Waals surface area contributed by atoms with E-state index in [1.54, 1.807) is 18.2 Å². The maximum atomic E-state index is 15.5. The number of primary amides is 1. The number of amidine groups is 1. The number of para-hydroxylation sites is 1. The number of sulfonamides is 1. The summed E-state index contributed by atoms with van der Waals surface area (Å²) < 4.78 is 29.4. The number of carbonyl (C=O) groups is 2. The lowest BCUT2D eigenvalue weighted by molar-refractivity contribution is -0.135. The lowest BCUT2D eigenvalue weighted by Gasteiger charge is -2.45. The van der Waals surface area contributed by atoms with Crippen molar-refractivity contribution >= 4 is 38.6 Å². The van der Waals surface area contributed by atoms with Gasteiger partial charge in [0.1, 0.15) is 22.8 Å². The van der Waals surface area contributed by atoms with Crippen molar-refractivity contribution in [1.29, 1.82) is 10.5 Å². The van der Waals surface area contributed by atoms with Crippen LogP contribution >= 0.6 is 0 Å². The van der Waals surface area contributed by atoms with Crippen LogP contribution < -0.4 is 15.8 Å². The summed E-state index contributed by atoms with van der Waals surface area (Å²) in [5.74, 6) is -1.93. The van der Waals surface area contributed by atoms with Gasteiger partial charge in [0.25, 0.3) is 15.9 Å². The number of hydrogen-bond donors (Lipinski definition) is 4. The van der Waals surface area contributed by atoms with Crippen molar-refractivity contribution in [3.05, 3.63) is 102 Å². The fourth-order valence-electron chi connectivity index (χ4n) is 8.84. The van der Waals surface area contributed by atoms with Crippen molar-refractivity contribution in [2.45, 2.75) is 68.1 Å². The van der Waals surface area contributed by atoms with Crippen LogP contribution in [0.5, 0.6) is 0 Å². The number of rotatable bonds is 12. The van der Waals surface area contributed by atoms with Crippen LogP contribution in [-0.4, -0.2) is 84.2 Å². The second kappa shape index (κ2) is 14.6. The molecular weight excluding hydrogens is 715 g/mol. The van der Waals surface area contributed by atoms with Gasteiger partial charge in [0.15, 0.2) is 5.54 Å². The first-order valence-electron chi connectivity index (χ1n) is 18.6. The van der Waals surface area contributed by atoms with Crippen LogP contribution in [-0.2, 0) is 32.6 Å². The number of nitriles is 2. The number of nitrogens with one attached hydrogen (secondary N) is 3. The van der Waals surface area contributed by atoms with Gasteiger partial charge in [-0.3, -0.25) is 24.1 Å². The number of fused-ring (bicyclic) bond motifs is 2. The molecule has 0 bridgehead atoms. The summed E-state index contributed by atoms with van der Waals surface area (Å²) in [6, 6.07) is 27.5. The van der Waals surface area contributed by atoms with Crippen LogP contribution in [0.3, 0.4) is 0 Å². The minimum atomic E-state index is -4.06. The topological polar surface area (TPSA) is 201 Å². The highest BCUT2D eigenvalue weighted by Crippen LogP contribution is 2.52. The zero-order valence-corrected chi connectivity index (χ0v) is 31.8. The first kappa shape index (κ1) is 37.8. The summed E-state index contributed by atoms with van der Waals surface area (Å²) in [7, 11) is -4.06. The van der Waals surface area contributed by atoms with Crippen molar-refractivity contribution in [3.63, 3.8) is 0 Å². The Hall–Kier alpha value is -5.54. The third-order valence-electron chi connectivity index (χ3n) is 11.4. The number of carbonyl (C=O) groups excluding carboxylic acids is 2. The van der Waals surface area contributed by atoms with Gasteiger partial charge in [-0.05, 0) is 60.9 Å². The molecule has 3 aliphatic heterocycles. The average molecular weight is 760 g/mol. The molecule has 14 heteroatoms. The van der Waals surface area contributed by atoms with Gasteiger partial charge in [0.05, 0.1) is 17.0 Å². The number of benzene rings is 3. The Morgan fingerprint density at radius 1 is 1.02 bits per heavy atom. The second-order valence-corrected chi connectivity index (χ2v) is 17.0. The molecule has 5 N–H and O–H groups in total. The highest BCUT2D eigenvalue weighted by molar-refractivity contribution is 7.90. The summed E-state index contributed by atoms with van der Waals surface area (Å²) in [4.78, 5) is 41.6. The normalized spacial score (nSPS) is 25.3. The van der Waals surface area contributed by atoms with Gasteiger partial charge in [-0.15, -0.1) is 0 Å². The quantitative estimate of drug-likeness (QED) is 0.168. The van der Waals surface area contributed by atoms with Gasteiger partial charge in [-0.1, -0.05) is 74.5 Å². The van der Waals surface area contributed by atoms with Crippen molar-refractivity contribution in [2.24, 2.45) is 22.1 Å². The molecule has 55 heavy (non-hydrogen) atoms. The molecule has 4 aromatic rings. The summed E-state index contributed by atoms with van der Waals surface area (Å²) in [5.41, 5.74) is 4.13. The fourth-order valence-corrected chi connectivity index (χ4v) is 10.1. The molecule has 4 atom stereocenters. The highest BCUT2D eigenvalue weighted by atomic mass is 32.2. The molecule has 0 aliphatic carbocycles. The van der Waals surface area contributed by atoms with E-state index in [-0.39, 0.29) is 54.7 Å². The Bertz CT molecular complexity index is 2350. The van der Waals surface area contributed by atoms with Crippen LogP contribution in [0, 0.1) is 34.0 Å². The van der Waals surface area contributed by atoms with E-state index in [9.17, 15) is 23.7 Å². The van der Waals surface area contributed by atoms with Gasteiger partial charge in [0.2, 0.25) is 5.91 Å². The highest BCUT2D eigenvalue weighted by Gasteiger charge is 2.67. The number of likely N-dealkylation sites (tertiary alicyclic amines) is 2. The molecular formula is C41H45N9O4S. The van der Waals surface area contributed by atoms with Crippen LogP contribution in [0.25, 0.3) is 10.9 Å². The van der Waals surface area contributed by atoms with Gasteiger partial charge >= 0.3 is 0 Å². The first-order valence-corrected chi connectivity index (χ1v) is 20.1. The van der Waals surface area contributed by atoms with Crippen molar-refractivity contribution < 1.29 is 18.0 Å². The van der Waals surface area contributed by atoms with E-state index >= 15 is 4.79 Å². The van der Waals surface area contributed by atoms with Crippen molar-refractivity contribution in [3.8, 4) is 12.1 Å². The largest absolute Gasteiger partial charge is 0.368 e. The Morgan fingerprint density at radius 3 is 2.47 bits per heavy atom. The zero-order valence-electron chi connectivity index (χ0n) is 31.0. The van der Waals surface area contributed by atoms with E-state index in [1.165, 1.54) is 6.07 Å². The number of hydrogen-bond acceptors (Lipinski definition) is 9. The van der Waals surface area contributed by atoms with Gasteiger partial charge < -0.3 is 16.0 Å². The molecule has 0 spiro atoms. The van der Waals surface area contributed by atoms with Gasteiger partial charge in [-0.25, -0.2) is 13.4 Å². The number of nitrogens with two attached hydrogens (primary N) is 1. The Morgan fingerprint density at radius 2 is 1.75 bits per heavy atom. The van der Waals surface area contributed by atoms with E-state index in [2.05, 4.69) is 32.1 Å². The Labute approximate surface area is 321 Å². The number of aromatic nitrogens is 1. The predicted molar refractivity (Wildman–Crippen MR) is 208 cm³/mol. The summed E-state index contributed by atoms with van der Waals surface area (Å²) in [5, 5.41) is 26.2. The summed E-state index contributed by atoms with van der Waals surface area (Å²) in [6.45, 7) is 5.65. The summed E-state index contributed by atoms with van der Waals surface area (Å²) >= 11 is 0. The number of amides is 2. The van der Waals surface area contributed by atoms with E-state index in [0.717, 1.165) is 28.5 Å². The third-order valence-corrected chi connectivity index (χ3v) is 12.8. The maximum absolute atomic E-state index is 15.5. The molecule has 4 heterocycles. The maximum Gasteiger partial charge on any atom is 0.263 e. The molecule has 3 aromatic carbocycles. The smallest absolute Gasteiger partial charge is 0.263 e. The van der Waals surface area contributed by atoms with E-state index in [0.29, 0.717) is 19.5 Å². The molecule has 3 aliphatic rings. The van der Waals surface area contributed by atoms with E-state index < -0.39 is 44.4 Å². The number of aromatic amines is 1. The molecule has 4 unspecified atom stereocenters. The van der Waals surface area contributed by atoms with Gasteiger partial charge in [0, 0.05) is 55.4 Å². The summed E-state index contributed by atoms with van der Waals surface area (Å²) in [6.07, 6.45) is 2.90. The molecule has 284 valence electrons. The molecule has 1 aromatic heterocycles. The van der Waals surface area contributed by atoms with Crippen LogP contribution in [0.15, 0.2) is 94.9 Å². The van der Waals surface area contributed by atoms with E-state index in [1.807, 2.05) is 79.5 Å². The number of H-pyrrole nitrogens is 1. The van der Waals surface area contributed by atoms with Crippen LogP contribution in [0.1, 0.15) is 49.8 Å². The molecule has 0 radical (unpaired) electrons. The first-order chi connectivity index (χ1) is 26.4. The molecule has 2 fully saturated rings. The minimum absolute atomic E-state index is 0.0178. The lowest BCUT2D eigenvalue weighted by Crippen LogP contribution is -2.67. The molecule has 13 nitrogen and oxygen atoms in total. The van der Waals surface area contributed by atoms with Crippen molar-refractivity contribution in [2.75, 3.05) is 26.2 Å². The number of nitrogens with zero attached hydrogens (tertiary/aromatic N) is 5. The molecule has 2 amide bonds. The Kier molecular flexibility index (Phi) is 10.0. The monoisotopic (exact) mass is 759 g/mol. The standard InChI is InChI=1S/C41H45N9O4S/c1-28(2)22-41(46-37-32-13-7-9-15-34(32)55(53,54)48-37,38(52)47-39(25-42)17-20-49(27-39)19-16-29-10-4-3-5-11-29)40(26-43)18-21-50(35(40)36(44)51)24-30-23-45-33-14-8-6-12-31(30)33/h3-15,23,28,35,45H,16-22,24,27H2,1-2H3,(H2,44,51)(H,46,48)(H,47,52). The minimum Gasteiger partial charge on any atom is -0.368 e. The molecule has 7 rings (SSSR count). The average Bonchev–Trinajstić information content (AvgIpc) is 3.94. The lowest BCUT2D eigenvalue weighted by atomic mass is 9.61. The fraction of sp³-hybridized carbons (Fsp3) is 0.390. The van der Waals surface area contributed by atoms with E-state index in [4.69, 9.17) is 10.7 Å². The second-order valence-electron chi connectivity index (χ2n) is 15.4. The zero-order chi connectivity index (χ0) is 39.0. The van der Waals surface area contributed by atoms with Crippen LogP contribution in [0.4, 0.5) is 0 Å². The number of aliphatic imine (C=N–C) groups is 1. The Balaban J connectivity index is 1.34.